The number of hydrogen-bond acceptors (Lipinski definition) is 6. The number of amides is 1. The summed E-state index contributed by atoms with van der Waals surface area (Å²) in [5, 5.41) is 17.5. The number of anilines is 1. The van der Waals surface area contributed by atoms with E-state index in [9.17, 15) is 10.1 Å². The third kappa shape index (κ3) is 4.24. The Morgan fingerprint density at radius 1 is 1.14 bits per heavy atom. The van der Waals surface area contributed by atoms with Crippen LogP contribution in [0.1, 0.15) is 28.4 Å². The Kier molecular flexibility index (Phi) is 6.19. The molecule has 8 nitrogen and oxygen atoms in total. The van der Waals surface area contributed by atoms with Crippen molar-refractivity contribution in [1.29, 1.82) is 5.26 Å². The largest absolute Gasteiger partial charge is 0.358 e. The van der Waals surface area contributed by atoms with Crippen LogP contribution in [0.2, 0.25) is 0 Å². The monoisotopic (exact) mass is 389 g/mol. The van der Waals surface area contributed by atoms with Crippen molar-refractivity contribution in [1.82, 2.24) is 24.9 Å². The van der Waals surface area contributed by atoms with Crippen LogP contribution in [0.5, 0.6) is 0 Å². The fourth-order valence-corrected chi connectivity index (χ4v) is 3.15. The minimum atomic E-state index is -0.0794. The Morgan fingerprint density at radius 3 is 2.55 bits per heavy atom. The molecule has 0 radical (unpaired) electrons. The number of carbonyl (C=O) groups is 1. The second-order valence-electron chi connectivity index (χ2n) is 6.56. The summed E-state index contributed by atoms with van der Waals surface area (Å²) < 4.78 is 0. The van der Waals surface area contributed by atoms with Gasteiger partial charge in [0, 0.05) is 38.4 Å². The summed E-state index contributed by atoms with van der Waals surface area (Å²) in [7, 11) is 1.91. The molecule has 2 aromatic heterocycles. The van der Waals surface area contributed by atoms with Crippen molar-refractivity contribution in [2.24, 2.45) is 0 Å². The van der Waals surface area contributed by atoms with Gasteiger partial charge in [-0.15, -0.1) is 0 Å². The van der Waals surface area contributed by atoms with Gasteiger partial charge in [0.2, 0.25) is 0 Å². The van der Waals surface area contributed by atoms with E-state index in [0.717, 1.165) is 11.4 Å². The zero-order chi connectivity index (χ0) is 20.8. The number of aromatic nitrogens is 4. The molecule has 2 heterocycles. The highest BCUT2D eigenvalue weighted by molar-refractivity contribution is 5.97. The van der Waals surface area contributed by atoms with E-state index in [-0.39, 0.29) is 5.91 Å². The molecule has 0 aliphatic heterocycles. The quantitative estimate of drug-likeness (QED) is 0.616. The van der Waals surface area contributed by atoms with E-state index in [1.807, 2.05) is 44.0 Å². The van der Waals surface area contributed by atoms with Crippen molar-refractivity contribution in [2.75, 3.05) is 31.6 Å². The summed E-state index contributed by atoms with van der Waals surface area (Å²) in [5.74, 6) is 0.665. The number of likely N-dealkylation sites (N-methyl/N-ethyl adjacent to an activating group) is 2. The van der Waals surface area contributed by atoms with Crippen molar-refractivity contribution in [2.45, 2.75) is 13.8 Å². The van der Waals surface area contributed by atoms with Gasteiger partial charge in [0.25, 0.3) is 5.91 Å². The Balaban J connectivity index is 1.76. The number of rotatable bonds is 7. The highest BCUT2D eigenvalue weighted by Gasteiger charge is 2.20. The van der Waals surface area contributed by atoms with Gasteiger partial charge in [-0.2, -0.15) is 20.3 Å². The van der Waals surface area contributed by atoms with Gasteiger partial charge in [-0.05, 0) is 32.0 Å². The molecule has 0 bridgehead atoms. The average molecular weight is 389 g/mol. The van der Waals surface area contributed by atoms with Crippen molar-refractivity contribution < 1.29 is 4.79 Å². The van der Waals surface area contributed by atoms with Crippen LogP contribution in [0.15, 0.2) is 48.9 Å². The molecule has 1 aromatic carbocycles. The molecule has 0 saturated heterocycles. The summed E-state index contributed by atoms with van der Waals surface area (Å²) >= 11 is 0. The SMILES string of the molecule is CCN(CCN(C)c1nccc(C#N)c1C)C(=O)c1ccccc1-n1nccn1. The number of para-hydroxylation sites is 1. The maximum Gasteiger partial charge on any atom is 0.256 e. The first-order chi connectivity index (χ1) is 14.1. The molecule has 8 heteroatoms. The van der Waals surface area contributed by atoms with E-state index >= 15 is 0 Å². The highest BCUT2D eigenvalue weighted by atomic mass is 16.2. The number of carbonyl (C=O) groups excluding carboxylic acids is 1. The molecule has 0 spiro atoms. The standard InChI is InChI=1S/C21H23N7O/c1-4-27(14-13-26(3)20-16(2)17(15-22)9-10-23-20)21(29)18-7-5-6-8-19(18)28-24-11-12-25-28/h5-12H,4,13-14H2,1-3H3. The van der Waals surface area contributed by atoms with Gasteiger partial charge in [0.15, 0.2) is 0 Å². The van der Waals surface area contributed by atoms with E-state index in [4.69, 9.17) is 0 Å². The Bertz CT molecular complexity index is 1020. The predicted octanol–water partition coefficient (Wildman–Crippen LogP) is 2.44. The molecule has 148 valence electrons. The molecule has 0 saturated carbocycles. The average Bonchev–Trinajstić information content (AvgIpc) is 3.28. The van der Waals surface area contributed by atoms with Crippen molar-refractivity contribution in [3.05, 3.63) is 65.6 Å². The second kappa shape index (κ2) is 8.97. The van der Waals surface area contributed by atoms with Gasteiger partial charge in [-0.1, -0.05) is 12.1 Å². The molecule has 1 amide bonds. The number of pyridine rings is 1. The lowest BCUT2D eigenvalue weighted by atomic mass is 10.1. The molecule has 3 aromatic rings. The highest BCUT2D eigenvalue weighted by Crippen LogP contribution is 2.19. The molecular formula is C21H23N7O. The van der Waals surface area contributed by atoms with Crippen molar-refractivity contribution >= 4 is 11.7 Å². The predicted molar refractivity (Wildman–Crippen MR) is 110 cm³/mol. The first-order valence-corrected chi connectivity index (χ1v) is 9.38. The van der Waals surface area contributed by atoms with Gasteiger partial charge in [0.1, 0.15) is 5.82 Å². The summed E-state index contributed by atoms with van der Waals surface area (Å²) in [4.78, 5) is 22.8. The van der Waals surface area contributed by atoms with Gasteiger partial charge in [-0.3, -0.25) is 4.79 Å². The molecule has 3 rings (SSSR count). The third-order valence-corrected chi connectivity index (χ3v) is 4.80. The fourth-order valence-electron chi connectivity index (χ4n) is 3.15. The van der Waals surface area contributed by atoms with E-state index < -0.39 is 0 Å². The molecule has 29 heavy (non-hydrogen) atoms. The minimum Gasteiger partial charge on any atom is -0.358 e. The van der Waals surface area contributed by atoms with Gasteiger partial charge in [0.05, 0.1) is 35.3 Å². The lowest BCUT2D eigenvalue weighted by molar-refractivity contribution is 0.0768. The molecule has 0 unspecified atom stereocenters. The number of nitrogens with zero attached hydrogens (tertiary/aromatic N) is 7. The Hall–Kier alpha value is -3.73. The fraction of sp³-hybridized carbons (Fsp3) is 0.286. The van der Waals surface area contributed by atoms with Crippen LogP contribution >= 0.6 is 0 Å². The molecule has 0 atom stereocenters. The van der Waals surface area contributed by atoms with Gasteiger partial charge < -0.3 is 9.80 Å². The first kappa shape index (κ1) is 20.0. The lowest BCUT2D eigenvalue weighted by Crippen LogP contribution is -2.38. The summed E-state index contributed by atoms with van der Waals surface area (Å²) in [6.07, 6.45) is 4.80. The van der Waals surface area contributed by atoms with Gasteiger partial charge >= 0.3 is 0 Å². The van der Waals surface area contributed by atoms with Crippen molar-refractivity contribution in [3.8, 4) is 11.8 Å². The minimum absolute atomic E-state index is 0.0794. The molecular weight excluding hydrogens is 366 g/mol. The Morgan fingerprint density at radius 2 is 1.86 bits per heavy atom. The van der Waals surface area contributed by atoms with Crippen LogP contribution in [0, 0.1) is 18.3 Å². The van der Waals surface area contributed by atoms with Crippen LogP contribution in [0.4, 0.5) is 5.82 Å². The van der Waals surface area contributed by atoms with Crippen LogP contribution < -0.4 is 4.90 Å². The number of benzene rings is 1. The molecule has 0 aliphatic carbocycles. The number of hydrogen-bond donors (Lipinski definition) is 0. The zero-order valence-electron chi connectivity index (χ0n) is 16.8. The van der Waals surface area contributed by atoms with Crippen LogP contribution in [-0.4, -0.2) is 57.5 Å². The van der Waals surface area contributed by atoms with E-state index in [2.05, 4.69) is 21.3 Å². The van der Waals surface area contributed by atoms with Crippen LogP contribution in [0.25, 0.3) is 5.69 Å². The first-order valence-electron chi connectivity index (χ1n) is 9.38. The van der Waals surface area contributed by atoms with Gasteiger partial charge in [-0.25, -0.2) is 4.98 Å². The molecule has 0 aliphatic rings. The molecule has 0 N–H and O–H groups in total. The zero-order valence-corrected chi connectivity index (χ0v) is 16.8. The lowest BCUT2D eigenvalue weighted by Gasteiger charge is -2.26. The third-order valence-electron chi connectivity index (χ3n) is 4.80. The van der Waals surface area contributed by atoms with Crippen molar-refractivity contribution in [3.63, 3.8) is 0 Å². The summed E-state index contributed by atoms with van der Waals surface area (Å²) in [6, 6.07) is 11.2. The molecule has 0 fully saturated rings. The normalized spacial score (nSPS) is 10.4. The smallest absolute Gasteiger partial charge is 0.256 e. The summed E-state index contributed by atoms with van der Waals surface area (Å²) in [6.45, 7) is 5.51. The second-order valence-corrected chi connectivity index (χ2v) is 6.56. The van der Waals surface area contributed by atoms with Crippen LogP contribution in [0.3, 0.4) is 0 Å². The Labute approximate surface area is 170 Å². The van der Waals surface area contributed by atoms with E-state index in [1.165, 1.54) is 4.80 Å². The van der Waals surface area contributed by atoms with Crippen LogP contribution in [-0.2, 0) is 0 Å². The van der Waals surface area contributed by atoms with E-state index in [1.54, 1.807) is 35.6 Å². The number of nitriles is 1. The maximum absolute atomic E-state index is 13.2. The summed E-state index contributed by atoms with van der Waals surface area (Å²) in [5.41, 5.74) is 2.63. The van der Waals surface area contributed by atoms with E-state index in [0.29, 0.717) is 36.4 Å². The maximum atomic E-state index is 13.2. The topological polar surface area (TPSA) is 90.9 Å².